The lowest BCUT2D eigenvalue weighted by Crippen LogP contribution is -2.41. The average molecular weight is 399 g/mol. The van der Waals surface area contributed by atoms with E-state index in [4.69, 9.17) is 14.3 Å². The highest BCUT2D eigenvalue weighted by atomic mass is 19.3. The van der Waals surface area contributed by atoms with E-state index in [9.17, 15) is 18.4 Å². The maximum atomic E-state index is 14.4. The number of benzene rings is 1. The number of alkyl halides is 2. The molecule has 1 aromatic rings. The first kappa shape index (κ1) is 21.9. The monoisotopic (exact) mass is 399 g/mol. The minimum absolute atomic E-state index is 0.457. The van der Waals surface area contributed by atoms with Crippen molar-refractivity contribution in [1.29, 1.82) is 0 Å². The number of hydrogen-bond donors (Lipinski definition) is 0. The largest absolute Gasteiger partial charge is 0.534 e. The van der Waals surface area contributed by atoms with Crippen LogP contribution in [0.3, 0.4) is 0 Å². The smallest absolute Gasteiger partial charge is 0.442 e. The number of hydrogen-bond acceptors (Lipinski definition) is 5. The number of ether oxygens (including phenoxy) is 2. The summed E-state index contributed by atoms with van der Waals surface area (Å²) >= 11 is 0. The van der Waals surface area contributed by atoms with E-state index in [0.29, 0.717) is 10.6 Å². The summed E-state index contributed by atoms with van der Waals surface area (Å²) in [5.41, 5.74) is -1.30. The summed E-state index contributed by atoms with van der Waals surface area (Å²) in [7, 11) is 0. The van der Waals surface area contributed by atoms with Gasteiger partial charge in [0, 0.05) is 0 Å². The molecule has 1 fully saturated rings. The third kappa shape index (κ3) is 5.81. The van der Waals surface area contributed by atoms with Gasteiger partial charge in [0.2, 0.25) is 0 Å². The molecule has 1 aliphatic rings. The zero-order valence-corrected chi connectivity index (χ0v) is 17.0. The van der Waals surface area contributed by atoms with Crippen LogP contribution in [0.4, 0.5) is 18.4 Å². The Bertz CT molecular complexity index is 710. The Kier molecular flexibility index (Phi) is 5.92. The number of rotatable bonds is 3. The molecule has 0 saturated heterocycles. The van der Waals surface area contributed by atoms with Crippen molar-refractivity contribution >= 4 is 12.2 Å². The Morgan fingerprint density at radius 3 is 2.04 bits per heavy atom. The van der Waals surface area contributed by atoms with E-state index in [1.807, 2.05) is 0 Å². The van der Waals surface area contributed by atoms with Crippen LogP contribution in [0.1, 0.15) is 53.0 Å². The van der Waals surface area contributed by atoms with Crippen molar-refractivity contribution in [2.75, 3.05) is 6.54 Å². The van der Waals surface area contributed by atoms with Gasteiger partial charge in [-0.2, -0.15) is 0 Å². The van der Waals surface area contributed by atoms with E-state index in [0.717, 1.165) is 0 Å². The third-order valence-electron chi connectivity index (χ3n) is 3.89. The van der Waals surface area contributed by atoms with Crippen LogP contribution < -0.4 is 0 Å². The van der Waals surface area contributed by atoms with Crippen molar-refractivity contribution in [2.45, 2.75) is 64.6 Å². The molecule has 1 saturated carbocycles. The van der Waals surface area contributed by atoms with Crippen molar-refractivity contribution in [3.8, 4) is 0 Å². The highest BCUT2D eigenvalue weighted by Crippen LogP contribution is 2.61. The molecule has 0 spiro atoms. The highest BCUT2D eigenvalue weighted by molar-refractivity contribution is 5.70. The van der Waals surface area contributed by atoms with Crippen LogP contribution in [-0.4, -0.2) is 41.0 Å². The Morgan fingerprint density at radius 1 is 1.00 bits per heavy atom. The predicted octanol–water partition coefficient (Wildman–Crippen LogP) is 5.14. The minimum Gasteiger partial charge on any atom is -0.442 e. The maximum Gasteiger partial charge on any atom is 0.534 e. The number of hydroxylamine groups is 2. The SMILES string of the molecule is CC(C)(C)OC(=O)ON(C[C@H]1[C@H](c2ccccc2)C1(F)F)C(=O)OC(C)(C)C. The van der Waals surface area contributed by atoms with Gasteiger partial charge in [0.05, 0.1) is 18.4 Å². The summed E-state index contributed by atoms with van der Waals surface area (Å²) in [4.78, 5) is 29.3. The normalized spacial score (nSPS) is 20.9. The molecule has 2 rings (SSSR count). The first-order valence-electron chi connectivity index (χ1n) is 9.05. The first-order valence-corrected chi connectivity index (χ1v) is 9.05. The zero-order valence-electron chi connectivity index (χ0n) is 17.0. The first-order chi connectivity index (χ1) is 12.7. The van der Waals surface area contributed by atoms with Crippen LogP contribution >= 0.6 is 0 Å². The Labute approximate surface area is 163 Å². The van der Waals surface area contributed by atoms with Gasteiger partial charge in [0.1, 0.15) is 11.2 Å². The number of halogens is 2. The third-order valence-corrected chi connectivity index (χ3v) is 3.89. The van der Waals surface area contributed by atoms with Gasteiger partial charge in [0.25, 0.3) is 5.92 Å². The van der Waals surface area contributed by atoms with Gasteiger partial charge in [-0.05, 0) is 47.1 Å². The fourth-order valence-corrected chi connectivity index (χ4v) is 2.73. The van der Waals surface area contributed by atoms with Gasteiger partial charge >= 0.3 is 12.2 Å². The van der Waals surface area contributed by atoms with Gasteiger partial charge in [-0.1, -0.05) is 30.3 Å². The van der Waals surface area contributed by atoms with Crippen LogP contribution in [0.2, 0.25) is 0 Å². The van der Waals surface area contributed by atoms with Crippen molar-refractivity contribution in [2.24, 2.45) is 5.92 Å². The van der Waals surface area contributed by atoms with E-state index in [1.165, 1.54) is 0 Å². The molecule has 28 heavy (non-hydrogen) atoms. The van der Waals surface area contributed by atoms with Crippen molar-refractivity contribution in [3.05, 3.63) is 35.9 Å². The molecule has 0 aliphatic heterocycles. The van der Waals surface area contributed by atoms with Gasteiger partial charge in [-0.3, -0.25) is 0 Å². The summed E-state index contributed by atoms with van der Waals surface area (Å²) in [6, 6.07) is 8.28. The molecule has 0 bridgehead atoms. The molecule has 1 aromatic carbocycles. The molecule has 0 unspecified atom stereocenters. The van der Waals surface area contributed by atoms with E-state index in [2.05, 4.69) is 0 Å². The van der Waals surface area contributed by atoms with Gasteiger partial charge < -0.3 is 14.3 Å². The fraction of sp³-hybridized carbons (Fsp3) is 0.600. The molecular weight excluding hydrogens is 372 g/mol. The molecule has 0 radical (unpaired) electrons. The van der Waals surface area contributed by atoms with Crippen molar-refractivity contribution in [1.82, 2.24) is 5.06 Å². The summed E-state index contributed by atoms with van der Waals surface area (Å²) in [6.45, 7) is 9.20. The maximum absolute atomic E-state index is 14.4. The van der Waals surface area contributed by atoms with Gasteiger partial charge in [-0.15, -0.1) is 5.06 Å². The minimum atomic E-state index is -3.03. The van der Waals surface area contributed by atoms with E-state index >= 15 is 0 Å². The molecule has 2 atom stereocenters. The van der Waals surface area contributed by atoms with Crippen LogP contribution in [0, 0.1) is 5.92 Å². The summed E-state index contributed by atoms with van der Waals surface area (Å²) in [5, 5.41) is 0.515. The number of carbonyl (C=O) groups excluding carboxylic acids is 2. The summed E-state index contributed by atoms with van der Waals surface area (Å²) in [5.74, 6) is -5.30. The zero-order chi connectivity index (χ0) is 21.3. The van der Waals surface area contributed by atoms with Gasteiger partial charge in [0.15, 0.2) is 0 Å². The summed E-state index contributed by atoms with van der Waals surface area (Å²) < 4.78 is 38.9. The molecule has 1 amide bonds. The Hall–Kier alpha value is -2.38. The molecule has 156 valence electrons. The molecule has 6 nitrogen and oxygen atoms in total. The topological polar surface area (TPSA) is 65.1 Å². The van der Waals surface area contributed by atoms with E-state index < -0.39 is 47.8 Å². The molecule has 1 aliphatic carbocycles. The molecular formula is C20H27F2NO5. The fourth-order valence-electron chi connectivity index (χ4n) is 2.73. The predicted molar refractivity (Wildman–Crippen MR) is 97.9 cm³/mol. The van der Waals surface area contributed by atoms with Crippen LogP contribution in [0.25, 0.3) is 0 Å². The number of nitrogens with zero attached hydrogens (tertiary/aromatic N) is 1. The number of carbonyl (C=O) groups is 2. The molecule has 0 aromatic heterocycles. The molecule has 8 heteroatoms. The summed E-state index contributed by atoms with van der Waals surface area (Å²) in [6.07, 6.45) is -2.20. The van der Waals surface area contributed by atoms with Crippen LogP contribution in [0.15, 0.2) is 30.3 Å². The molecule has 0 heterocycles. The molecule has 0 N–H and O–H groups in total. The second-order valence-electron chi connectivity index (χ2n) is 8.77. The average Bonchev–Trinajstić information content (AvgIpc) is 3.04. The lowest BCUT2D eigenvalue weighted by Gasteiger charge is -2.27. The van der Waals surface area contributed by atoms with Crippen LogP contribution in [-0.2, 0) is 14.3 Å². The van der Waals surface area contributed by atoms with E-state index in [1.54, 1.807) is 71.9 Å². The highest BCUT2D eigenvalue weighted by Gasteiger charge is 2.69. The second-order valence-corrected chi connectivity index (χ2v) is 8.77. The van der Waals surface area contributed by atoms with Crippen LogP contribution in [0.5, 0.6) is 0 Å². The van der Waals surface area contributed by atoms with Crippen molar-refractivity contribution < 1.29 is 32.7 Å². The van der Waals surface area contributed by atoms with Crippen molar-refractivity contribution in [3.63, 3.8) is 0 Å². The van der Waals surface area contributed by atoms with E-state index in [-0.39, 0.29) is 0 Å². The van der Waals surface area contributed by atoms with Gasteiger partial charge in [-0.25, -0.2) is 18.4 Å². The second kappa shape index (κ2) is 7.56. The number of amides is 1. The standard InChI is InChI=1S/C20H27F2NO5/c1-18(2,3)26-16(24)23(28-17(25)27-19(4,5)6)12-14-15(20(14,21)22)13-10-8-7-9-11-13/h7-11,14-15H,12H2,1-6H3/t14-,15-/m0/s1. The quantitative estimate of drug-likeness (QED) is 0.520. The Balaban J connectivity index is 2.15. The Morgan fingerprint density at radius 2 is 1.54 bits per heavy atom. The lowest BCUT2D eigenvalue weighted by atomic mass is 10.1. The lowest BCUT2D eigenvalue weighted by molar-refractivity contribution is -0.140.